The van der Waals surface area contributed by atoms with Gasteiger partial charge in [0.15, 0.2) is 0 Å². The van der Waals surface area contributed by atoms with Crippen molar-refractivity contribution in [2.45, 2.75) is 6.54 Å². The van der Waals surface area contributed by atoms with Gasteiger partial charge in [-0.2, -0.15) is 0 Å². The van der Waals surface area contributed by atoms with Crippen molar-refractivity contribution in [3.05, 3.63) is 35.4 Å². The number of hydrogen-bond donors (Lipinski definition) is 2. The summed E-state index contributed by atoms with van der Waals surface area (Å²) in [5.74, 6) is -1.77. The molecule has 1 saturated heterocycles. The Balaban J connectivity index is 2.04. The van der Waals surface area contributed by atoms with Gasteiger partial charge in [0.25, 0.3) is 0 Å². The van der Waals surface area contributed by atoms with E-state index in [4.69, 9.17) is 10.2 Å². The molecule has 1 fully saturated rings. The van der Waals surface area contributed by atoms with Gasteiger partial charge in [-0.1, -0.05) is 24.3 Å². The SMILES string of the molecule is O=Cc1ccc(CN2CCN(CC(=O)O)CCN(CC(=O)O)CC2)cc1. The monoisotopic (exact) mass is 363 g/mol. The lowest BCUT2D eigenvalue weighted by atomic mass is 10.1. The first-order valence-electron chi connectivity index (χ1n) is 8.61. The van der Waals surface area contributed by atoms with E-state index in [2.05, 4.69) is 4.90 Å². The van der Waals surface area contributed by atoms with Crippen LogP contribution < -0.4 is 0 Å². The van der Waals surface area contributed by atoms with Crippen LogP contribution >= 0.6 is 0 Å². The fourth-order valence-corrected chi connectivity index (χ4v) is 3.00. The molecule has 0 aromatic heterocycles. The average molecular weight is 363 g/mol. The standard InChI is InChI=1S/C18H25N3O5/c22-14-16-3-1-15(2-4-16)11-19-5-7-20(12-17(23)24)9-10-21(8-6-19)13-18(25)26/h1-4,14H,5-13H2,(H,23,24)(H,25,26). The third-order valence-electron chi connectivity index (χ3n) is 4.44. The second-order valence-corrected chi connectivity index (χ2v) is 6.48. The third-order valence-corrected chi connectivity index (χ3v) is 4.44. The van der Waals surface area contributed by atoms with E-state index in [1.54, 1.807) is 12.1 Å². The van der Waals surface area contributed by atoms with Gasteiger partial charge >= 0.3 is 11.9 Å². The van der Waals surface area contributed by atoms with E-state index in [-0.39, 0.29) is 13.1 Å². The molecule has 0 amide bonds. The maximum absolute atomic E-state index is 11.1. The molecule has 0 atom stereocenters. The van der Waals surface area contributed by atoms with Crippen LogP contribution in [-0.4, -0.2) is 95.5 Å². The summed E-state index contributed by atoms with van der Waals surface area (Å²) < 4.78 is 0. The summed E-state index contributed by atoms with van der Waals surface area (Å²) in [6, 6.07) is 7.35. The van der Waals surface area contributed by atoms with Crippen molar-refractivity contribution in [2.24, 2.45) is 0 Å². The molecule has 142 valence electrons. The molecular weight excluding hydrogens is 338 g/mol. The molecule has 1 aromatic rings. The van der Waals surface area contributed by atoms with Crippen LogP contribution in [0.5, 0.6) is 0 Å². The number of carboxylic acid groups (broad SMARTS) is 2. The molecule has 26 heavy (non-hydrogen) atoms. The van der Waals surface area contributed by atoms with E-state index in [1.165, 1.54) is 0 Å². The molecule has 1 heterocycles. The van der Waals surface area contributed by atoms with E-state index in [1.807, 2.05) is 21.9 Å². The number of nitrogens with zero attached hydrogens (tertiary/aromatic N) is 3. The number of benzene rings is 1. The quantitative estimate of drug-likeness (QED) is 0.657. The van der Waals surface area contributed by atoms with Crippen LogP contribution in [0, 0.1) is 0 Å². The summed E-state index contributed by atoms with van der Waals surface area (Å²) in [6.45, 7) is 4.24. The van der Waals surface area contributed by atoms with Gasteiger partial charge in [0.2, 0.25) is 0 Å². The molecule has 2 rings (SSSR count). The third kappa shape index (κ3) is 6.91. The minimum atomic E-state index is -0.884. The molecular formula is C18H25N3O5. The summed E-state index contributed by atoms with van der Waals surface area (Å²) in [6.07, 6.45) is 0.803. The fourth-order valence-electron chi connectivity index (χ4n) is 3.00. The van der Waals surface area contributed by atoms with E-state index in [0.717, 1.165) is 11.8 Å². The Morgan fingerprint density at radius 2 is 1.23 bits per heavy atom. The Bertz CT molecular complexity index is 592. The highest BCUT2D eigenvalue weighted by atomic mass is 16.4. The van der Waals surface area contributed by atoms with Crippen molar-refractivity contribution in [1.82, 2.24) is 14.7 Å². The summed E-state index contributed by atoms with van der Waals surface area (Å²) in [7, 11) is 0. The highest BCUT2D eigenvalue weighted by Crippen LogP contribution is 2.08. The Kier molecular flexibility index (Phi) is 7.71. The van der Waals surface area contributed by atoms with Gasteiger partial charge in [0.05, 0.1) is 13.1 Å². The smallest absolute Gasteiger partial charge is 0.317 e. The Morgan fingerprint density at radius 1 is 0.808 bits per heavy atom. The second-order valence-electron chi connectivity index (χ2n) is 6.48. The predicted octanol–water partition coefficient (Wildman–Crippen LogP) is 0.0879. The van der Waals surface area contributed by atoms with E-state index >= 15 is 0 Å². The zero-order chi connectivity index (χ0) is 18.9. The van der Waals surface area contributed by atoms with Gasteiger partial charge in [0.1, 0.15) is 6.29 Å². The Morgan fingerprint density at radius 3 is 1.62 bits per heavy atom. The summed E-state index contributed by atoms with van der Waals surface area (Å²) in [5.41, 5.74) is 1.68. The number of aldehydes is 1. The van der Waals surface area contributed by atoms with Crippen molar-refractivity contribution in [3.63, 3.8) is 0 Å². The summed E-state index contributed by atoms with van der Waals surface area (Å²) in [5, 5.41) is 18.1. The second kappa shape index (κ2) is 10.0. The fraction of sp³-hybridized carbons (Fsp3) is 0.500. The largest absolute Gasteiger partial charge is 0.480 e. The lowest BCUT2D eigenvalue weighted by Crippen LogP contribution is -2.40. The number of carbonyl (C=O) groups is 3. The minimum absolute atomic E-state index is 0.0528. The van der Waals surface area contributed by atoms with Crippen molar-refractivity contribution < 1.29 is 24.6 Å². The predicted molar refractivity (Wildman–Crippen MR) is 95.3 cm³/mol. The van der Waals surface area contributed by atoms with E-state index in [9.17, 15) is 14.4 Å². The highest BCUT2D eigenvalue weighted by Gasteiger charge is 2.19. The van der Waals surface area contributed by atoms with Crippen LogP contribution in [0.4, 0.5) is 0 Å². The number of rotatable bonds is 7. The topological polar surface area (TPSA) is 101 Å². The molecule has 8 nitrogen and oxygen atoms in total. The zero-order valence-corrected chi connectivity index (χ0v) is 14.7. The number of carbonyl (C=O) groups excluding carboxylic acids is 1. The lowest BCUT2D eigenvalue weighted by Gasteiger charge is -2.25. The van der Waals surface area contributed by atoms with Crippen molar-refractivity contribution in [2.75, 3.05) is 52.4 Å². The molecule has 2 N–H and O–H groups in total. The molecule has 0 unspecified atom stereocenters. The molecule has 8 heteroatoms. The van der Waals surface area contributed by atoms with Gasteiger partial charge < -0.3 is 10.2 Å². The Labute approximate surface area is 152 Å². The normalized spacial score (nSPS) is 17.8. The average Bonchev–Trinajstić information content (AvgIpc) is 2.68. The molecule has 1 aliphatic heterocycles. The van der Waals surface area contributed by atoms with Gasteiger partial charge in [-0.05, 0) is 5.56 Å². The molecule has 0 spiro atoms. The van der Waals surface area contributed by atoms with Crippen LogP contribution in [0.2, 0.25) is 0 Å². The van der Waals surface area contributed by atoms with Gasteiger partial charge in [0, 0.05) is 51.4 Å². The summed E-state index contributed by atoms with van der Waals surface area (Å²) in [4.78, 5) is 38.7. The molecule has 0 bridgehead atoms. The van der Waals surface area contributed by atoms with Crippen LogP contribution in [0.1, 0.15) is 15.9 Å². The first kappa shape index (κ1) is 20.0. The van der Waals surface area contributed by atoms with Crippen molar-refractivity contribution in [1.29, 1.82) is 0 Å². The van der Waals surface area contributed by atoms with Crippen LogP contribution in [-0.2, 0) is 16.1 Å². The highest BCUT2D eigenvalue weighted by molar-refractivity contribution is 5.74. The number of carboxylic acids is 2. The van der Waals surface area contributed by atoms with Gasteiger partial charge in [-0.25, -0.2) is 0 Å². The number of aliphatic carboxylic acids is 2. The van der Waals surface area contributed by atoms with Gasteiger partial charge in [-0.3, -0.25) is 29.1 Å². The van der Waals surface area contributed by atoms with Crippen LogP contribution in [0.25, 0.3) is 0 Å². The van der Waals surface area contributed by atoms with Crippen LogP contribution in [0.15, 0.2) is 24.3 Å². The molecule has 1 aliphatic rings. The van der Waals surface area contributed by atoms with E-state index < -0.39 is 11.9 Å². The maximum Gasteiger partial charge on any atom is 0.317 e. The lowest BCUT2D eigenvalue weighted by molar-refractivity contribution is -0.140. The molecule has 1 aromatic carbocycles. The zero-order valence-electron chi connectivity index (χ0n) is 14.7. The number of hydrogen-bond acceptors (Lipinski definition) is 6. The van der Waals surface area contributed by atoms with Crippen molar-refractivity contribution in [3.8, 4) is 0 Å². The van der Waals surface area contributed by atoms with E-state index in [0.29, 0.717) is 51.4 Å². The first-order valence-corrected chi connectivity index (χ1v) is 8.61. The maximum atomic E-state index is 11.1. The van der Waals surface area contributed by atoms with Crippen molar-refractivity contribution >= 4 is 18.2 Å². The molecule has 0 radical (unpaired) electrons. The first-order chi connectivity index (χ1) is 12.5. The molecule has 0 aliphatic carbocycles. The van der Waals surface area contributed by atoms with Gasteiger partial charge in [-0.15, -0.1) is 0 Å². The van der Waals surface area contributed by atoms with Crippen LogP contribution in [0.3, 0.4) is 0 Å². The summed E-state index contributed by atoms with van der Waals surface area (Å²) >= 11 is 0. The minimum Gasteiger partial charge on any atom is -0.480 e. The molecule has 0 saturated carbocycles. The Hall–Kier alpha value is -2.29.